The number of nitrogens with zero attached hydrogens (tertiary/aromatic N) is 3. The second-order valence-electron chi connectivity index (χ2n) is 4.77. The van der Waals surface area contributed by atoms with Crippen molar-refractivity contribution >= 4 is 29.0 Å². The molecule has 24 heavy (non-hydrogen) atoms. The summed E-state index contributed by atoms with van der Waals surface area (Å²) in [5, 5.41) is 11.1. The molecule has 1 aromatic heterocycles. The zero-order valence-electron chi connectivity index (χ0n) is 12.6. The van der Waals surface area contributed by atoms with E-state index >= 15 is 0 Å². The molecule has 0 aliphatic rings. The van der Waals surface area contributed by atoms with Gasteiger partial charge in [0, 0.05) is 31.3 Å². The minimum atomic E-state index is -0.850. The fraction of sp³-hybridized carbons (Fsp3) is 0.154. The van der Waals surface area contributed by atoms with Crippen LogP contribution in [0.5, 0.6) is 0 Å². The molecule has 0 aliphatic carbocycles. The lowest BCUT2D eigenvalue weighted by Crippen LogP contribution is -2.40. The van der Waals surface area contributed by atoms with Crippen molar-refractivity contribution in [1.82, 2.24) is 14.6 Å². The van der Waals surface area contributed by atoms with Gasteiger partial charge in [-0.05, 0) is 12.1 Å². The molecule has 1 amide bonds. The summed E-state index contributed by atoms with van der Waals surface area (Å²) in [5.41, 5.74) is 2.70. The van der Waals surface area contributed by atoms with E-state index in [-0.39, 0.29) is 16.4 Å². The van der Waals surface area contributed by atoms with E-state index in [1.807, 2.05) is 0 Å². The summed E-state index contributed by atoms with van der Waals surface area (Å²) < 4.78 is 1.98. The average Bonchev–Trinajstić information content (AvgIpc) is 2.54. The Morgan fingerprint density at radius 2 is 1.88 bits per heavy atom. The minimum Gasteiger partial charge on any atom is -0.283 e. The van der Waals surface area contributed by atoms with Gasteiger partial charge in [0.15, 0.2) is 0 Å². The van der Waals surface area contributed by atoms with Crippen LogP contribution in [-0.4, -0.2) is 20.0 Å². The molecule has 126 valence electrons. The van der Waals surface area contributed by atoms with Gasteiger partial charge in [-0.25, -0.2) is 4.79 Å². The molecular weight excluding hydrogens is 342 g/mol. The van der Waals surface area contributed by atoms with Crippen LogP contribution < -0.4 is 22.1 Å². The van der Waals surface area contributed by atoms with Gasteiger partial charge < -0.3 is 0 Å². The summed E-state index contributed by atoms with van der Waals surface area (Å²) in [6.07, 6.45) is 0. The number of hydrogen-bond acceptors (Lipinski definition) is 6. The van der Waals surface area contributed by atoms with E-state index in [2.05, 4.69) is 10.9 Å². The molecule has 2 rings (SSSR count). The van der Waals surface area contributed by atoms with Crippen LogP contribution in [0.15, 0.2) is 33.9 Å². The third-order valence-electron chi connectivity index (χ3n) is 3.23. The van der Waals surface area contributed by atoms with Crippen molar-refractivity contribution in [3.8, 4) is 0 Å². The summed E-state index contributed by atoms with van der Waals surface area (Å²) in [5.74, 6) is -0.835. The summed E-state index contributed by atoms with van der Waals surface area (Å²) in [7, 11) is 2.69. The second-order valence-corrected chi connectivity index (χ2v) is 5.20. The molecule has 1 heterocycles. The summed E-state index contributed by atoms with van der Waals surface area (Å²) >= 11 is 5.75. The Morgan fingerprint density at radius 1 is 1.21 bits per heavy atom. The number of hydrazine groups is 1. The van der Waals surface area contributed by atoms with Crippen molar-refractivity contribution in [2.45, 2.75) is 0 Å². The third-order valence-corrected chi connectivity index (χ3v) is 3.47. The van der Waals surface area contributed by atoms with Crippen LogP contribution in [0.25, 0.3) is 0 Å². The molecule has 1 aromatic carbocycles. The molecule has 0 saturated carbocycles. The van der Waals surface area contributed by atoms with Crippen molar-refractivity contribution in [2.24, 2.45) is 14.1 Å². The number of halogens is 1. The SMILES string of the molecule is Cn1c(NNC(=O)c2cc(Cl)ccc2[N+](=O)[O-])cc(=O)n(C)c1=O. The standard InChI is InChI=1S/C13H12ClN5O5/c1-17-10(6-11(20)18(2)13(17)22)15-16-12(21)8-5-7(14)3-4-9(8)19(23)24/h3-6,15H,1-2H3,(H,16,21). The number of benzene rings is 1. The van der Waals surface area contributed by atoms with Crippen LogP contribution in [0.2, 0.25) is 5.02 Å². The molecule has 0 atom stereocenters. The van der Waals surface area contributed by atoms with E-state index in [1.165, 1.54) is 20.2 Å². The fourth-order valence-electron chi connectivity index (χ4n) is 1.89. The summed E-state index contributed by atoms with van der Waals surface area (Å²) in [6, 6.07) is 4.62. The monoisotopic (exact) mass is 353 g/mol. The molecule has 2 aromatic rings. The van der Waals surface area contributed by atoms with Crippen LogP contribution in [0, 0.1) is 10.1 Å². The van der Waals surface area contributed by atoms with Crippen molar-refractivity contribution in [2.75, 3.05) is 5.43 Å². The third kappa shape index (κ3) is 3.27. The molecule has 0 unspecified atom stereocenters. The Morgan fingerprint density at radius 3 is 2.50 bits per heavy atom. The number of carbonyl (C=O) groups excluding carboxylic acids is 1. The predicted octanol–water partition coefficient (Wildman–Crippen LogP) is 0.402. The first-order chi connectivity index (χ1) is 11.2. The van der Waals surface area contributed by atoms with Crippen LogP contribution in [0.3, 0.4) is 0 Å². The van der Waals surface area contributed by atoms with E-state index in [9.17, 15) is 24.5 Å². The fourth-order valence-corrected chi connectivity index (χ4v) is 2.06. The first-order valence-corrected chi connectivity index (χ1v) is 6.87. The maximum absolute atomic E-state index is 12.1. The highest BCUT2D eigenvalue weighted by atomic mass is 35.5. The number of amides is 1. The highest BCUT2D eigenvalue weighted by Crippen LogP contribution is 2.22. The van der Waals surface area contributed by atoms with Crippen molar-refractivity contribution < 1.29 is 9.72 Å². The Bertz CT molecular complexity index is 949. The molecule has 0 fully saturated rings. The summed E-state index contributed by atoms with van der Waals surface area (Å²) in [4.78, 5) is 45.8. The van der Waals surface area contributed by atoms with Crippen LogP contribution >= 0.6 is 11.6 Å². The van der Waals surface area contributed by atoms with Gasteiger partial charge in [0.1, 0.15) is 11.4 Å². The lowest BCUT2D eigenvalue weighted by atomic mass is 10.2. The van der Waals surface area contributed by atoms with Crippen molar-refractivity contribution in [1.29, 1.82) is 0 Å². The lowest BCUT2D eigenvalue weighted by Gasteiger charge is -2.12. The molecule has 0 aliphatic heterocycles. The van der Waals surface area contributed by atoms with Crippen LogP contribution in [0.1, 0.15) is 10.4 Å². The number of rotatable bonds is 4. The molecule has 2 N–H and O–H groups in total. The van der Waals surface area contributed by atoms with Crippen LogP contribution in [0.4, 0.5) is 11.5 Å². The maximum atomic E-state index is 12.1. The Hall–Kier alpha value is -3.14. The van der Waals surface area contributed by atoms with Gasteiger partial charge in [-0.3, -0.25) is 39.7 Å². The van der Waals surface area contributed by atoms with E-state index < -0.39 is 27.8 Å². The minimum absolute atomic E-state index is 0.0149. The molecule has 11 heteroatoms. The van der Waals surface area contributed by atoms with Gasteiger partial charge in [0.05, 0.1) is 4.92 Å². The maximum Gasteiger partial charge on any atom is 0.332 e. The molecule has 0 bridgehead atoms. The topological polar surface area (TPSA) is 128 Å². The van der Waals surface area contributed by atoms with E-state index in [0.717, 1.165) is 27.3 Å². The first kappa shape index (κ1) is 17.2. The quantitative estimate of drug-likeness (QED) is 0.605. The van der Waals surface area contributed by atoms with Crippen molar-refractivity contribution in [3.63, 3.8) is 0 Å². The number of nitro groups is 1. The average molecular weight is 354 g/mol. The van der Waals surface area contributed by atoms with Gasteiger partial charge in [0.25, 0.3) is 17.2 Å². The van der Waals surface area contributed by atoms with E-state index in [1.54, 1.807) is 0 Å². The normalized spacial score (nSPS) is 10.3. The molecule has 0 saturated heterocycles. The predicted molar refractivity (Wildman–Crippen MR) is 86.1 cm³/mol. The Labute approximate surface area is 139 Å². The number of carbonyl (C=O) groups is 1. The van der Waals surface area contributed by atoms with Gasteiger partial charge in [-0.15, -0.1) is 0 Å². The van der Waals surface area contributed by atoms with Gasteiger partial charge in [-0.2, -0.15) is 0 Å². The lowest BCUT2D eigenvalue weighted by molar-refractivity contribution is -0.385. The Balaban J connectivity index is 2.30. The Kier molecular flexibility index (Phi) is 4.69. The summed E-state index contributed by atoms with van der Waals surface area (Å²) in [6.45, 7) is 0. The van der Waals surface area contributed by atoms with Gasteiger partial charge in [0.2, 0.25) is 0 Å². The zero-order chi connectivity index (χ0) is 18.0. The van der Waals surface area contributed by atoms with E-state index in [4.69, 9.17) is 11.6 Å². The number of nitrogens with one attached hydrogen (secondary N) is 2. The van der Waals surface area contributed by atoms with E-state index in [0.29, 0.717) is 0 Å². The van der Waals surface area contributed by atoms with Gasteiger partial charge >= 0.3 is 5.69 Å². The number of hydrogen-bond donors (Lipinski definition) is 2. The smallest absolute Gasteiger partial charge is 0.283 e. The van der Waals surface area contributed by atoms with Gasteiger partial charge in [-0.1, -0.05) is 11.6 Å². The molecule has 10 nitrogen and oxygen atoms in total. The van der Waals surface area contributed by atoms with Crippen molar-refractivity contribution in [3.05, 3.63) is 65.8 Å². The highest BCUT2D eigenvalue weighted by Gasteiger charge is 2.20. The number of anilines is 1. The largest absolute Gasteiger partial charge is 0.332 e. The molecule has 0 radical (unpaired) electrons. The molecule has 0 spiro atoms. The molecular formula is C13H12ClN5O5. The number of aromatic nitrogens is 2. The first-order valence-electron chi connectivity index (χ1n) is 6.49. The number of nitro benzene ring substituents is 1. The highest BCUT2D eigenvalue weighted by molar-refractivity contribution is 6.31. The zero-order valence-corrected chi connectivity index (χ0v) is 13.3. The van der Waals surface area contributed by atoms with Crippen LogP contribution in [-0.2, 0) is 14.1 Å². The second kappa shape index (κ2) is 6.54.